The molecule has 1 aromatic heterocycles. The number of nitrogens with one attached hydrogen (secondary N) is 1. The molecule has 1 unspecified atom stereocenters. The van der Waals surface area contributed by atoms with Gasteiger partial charge < -0.3 is 16.2 Å². The van der Waals surface area contributed by atoms with Crippen LogP contribution in [-0.4, -0.2) is 33.9 Å². The molecule has 7 nitrogen and oxygen atoms in total. The Hall–Kier alpha value is -2.81. The van der Waals surface area contributed by atoms with E-state index in [4.69, 9.17) is 10.8 Å². The van der Waals surface area contributed by atoms with Crippen LogP contribution < -0.4 is 11.1 Å². The molecule has 0 spiro atoms. The third kappa shape index (κ3) is 4.83. The van der Waals surface area contributed by atoms with Gasteiger partial charge in [0.2, 0.25) is 5.91 Å². The molecule has 4 N–H and O–H groups in total. The van der Waals surface area contributed by atoms with E-state index in [1.165, 1.54) is 12.1 Å². The summed E-state index contributed by atoms with van der Waals surface area (Å²) in [7, 11) is 0. The molecule has 2 rings (SSSR count). The number of carboxylic acid groups (broad SMARTS) is 1. The molecule has 0 aliphatic heterocycles. The number of carboxylic acids is 1. The number of aryl methyl sites for hydroxylation is 1. The summed E-state index contributed by atoms with van der Waals surface area (Å²) in [4.78, 5) is 38.9. The number of benzene rings is 1. The zero-order chi connectivity index (χ0) is 18.6. The van der Waals surface area contributed by atoms with Crippen molar-refractivity contribution in [2.24, 2.45) is 5.73 Å². The normalized spacial score (nSPS) is 11.8. The maximum absolute atomic E-state index is 13.0. The van der Waals surface area contributed by atoms with Crippen molar-refractivity contribution in [2.45, 2.75) is 25.8 Å². The van der Waals surface area contributed by atoms with E-state index in [2.05, 4.69) is 10.3 Å². The minimum atomic E-state index is -1.25. The van der Waals surface area contributed by atoms with Crippen LogP contribution in [0, 0.1) is 12.7 Å². The van der Waals surface area contributed by atoms with Gasteiger partial charge in [-0.3, -0.25) is 9.59 Å². The molecule has 0 aliphatic rings. The monoisotopic (exact) mass is 365 g/mol. The van der Waals surface area contributed by atoms with Crippen LogP contribution in [0.25, 0.3) is 10.6 Å². The zero-order valence-corrected chi connectivity index (χ0v) is 14.1. The molecule has 0 saturated heterocycles. The van der Waals surface area contributed by atoms with Crippen LogP contribution >= 0.6 is 11.3 Å². The summed E-state index contributed by atoms with van der Waals surface area (Å²) in [5.41, 5.74) is 6.09. The molecular formula is C16H16FN3O4S. The second kappa shape index (κ2) is 7.84. The van der Waals surface area contributed by atoms with Crippen molar-refractivity contribution in [3.05, 3.63) is 40.7 Å². The topological polar surface area (TPSA) is 122 Å². The number of rotatable bonds is 7. The molecule has 0 bridgehead atoms. The molecule has 1 aromatic carbocycles. The summed E-state index contributed by atoms with van der Waals surface area (Å²) in [5, 5.41) is 12.0. The van der Waals surface area contributed by atoms with Crippen molar-refractivity contribution in [2.75, 3.05) is 0 Å². The van der Waals surface area contributed by atoms with E-state index in [1.807, 2.05) is 0 Å². The molecular weight excluding hydrogens is 349 g/mol. The molecule has 0 saturated carbocycles. The number of carbonyl (C=O) groups is 3. The van der Waals surface area contributed by atoms with Crippen LogP contribution in [0.4, 0.5) is 4.39 Å². The summed E-state index contributed by atoms with van der Waals surface area (Å²) in [5.74, 6) is -2.88. The third-order valence-electron chi connectivity index (χ3n) is 3.38. The van der Waals surface area contributed by atoms with Gasteiger partial charge in [0.15, 0.2) is 0 Å². The van der Waals surface area contributed by atoms with E-state index in [0.29, 0.717) is 16.3 Å². The Labute approximate surface area is 146 Å². The molecule has 9 heteroatoms. The highest BCUT2D eigenvalue weighted by molar-refractivity contribution is 7.17. The van der Waals surface area contributed by atoms with Gasteiger partial charge in [-0.2, -0.15) is 0 Å². The first-order valence-corrected chi connectivity index (χ1v) is 8.15. The average molecular weight is 365 g/mol. The molecule has 0 fully saturated rings. The summed E-state index contributed by atoms with van der Waals surface area (Å²) in [6.45, 7) is 1.62. The lowest BCUT2D eigenvalue weighted by Gasteiger charge is -2.13. The predicted molar refractivity (Wildman–Crippen MR) is 89.6 cm³/mol. The first kappa shape index (κ1) is 18.5. The highest BCUT2D eigenvalue weighted by Crippen LogP contribution is 2.28. The van der Waals surface area contributed by atoms with E-state index in [1.54, 1.807) is 19.1 Å². The lowest BCUT2D eigenvalue weighted by Crippen LogP contribution is -2.41. The van der Waals surface area contributed by atoms with Crippen molar-refractivity contribution in [1.29, 1.82) is 0 Å². The van der Waals surface area contributed by atoms with Crippen LogP contribution in [-0.2, 0) is 9.59 Å². The van der Waals surface area contributed by atoms with E-state index < -0.39 is 23.8 Å². The Morgan fingerprint density at radius 3 is 2.52 bits per heavy atom. The van der Waals surface area contributed by atoms with Crippen molar-refractivity contribution >= 4 is 29.1 Å². The number of amides is 2. The van der Waals surface area contributed by atoms with Crippen molar-refractivity contribution in [3.8, 4) is 10.6 Å². The zero-order valence-electron chi connectivity index (χ0n) is 13.3. The van der Waals surface area contributed by atoms with Gasteiger partial charge >= 0.3 is 5.97 Å². The number of aliphatic carboxylic acids is 1. The number of hydrogen-bond acceptors (Lipinski definition) is 5. The quantitative estimate of drug-likeness (QED) is 0.689. The number of halogens is 1. The molecule has 1 heterocycles. The number of nitrogens with two attached hydrogens (primary N) is 1. The maximum atomic E-state index is 13.0. The Bertz CT molecular complexity index is 804. The number of carbonyl (C=O) groups excluding carboxylic acids is 2. The van der Waals surface area contributed by atoms with Crippen LogP contribution in [0.2, 0.25) is 0 Å². The predicted octanol–water partition coefficient (Wildman–Crippen LogP) is 1.71. The summed E-state index contributed by atoms with van der Waals surface area (Å²) < 4.78 is 13.0. The first-order chi connectivity index (χ1) is 11.8. The highest BCUT2D eigenvalue weighted by Gasteiger charge is 2.24. The van der Waals surface area contributed by atoms with Crippen molar-refractivity contribution in [1.82, 2.24) is 10.3 Å². The van der Waals surface area contributed by atoms with Gasteiger partial charge in [-0.25, -0.2) is 14.2 Å². The van der Waals surface area contributed by atoms with E-state index in [9.17, 15) is 18.8 Å². The lowest BCUT2D eigenvalue weighted by atomic mass is 10.1. The van der Waals surface area contributed by atoms with Gasteiger partial charge in [-0.15, -0.1) is 11.3 Å². The molecule has 25 heavy (non-hydrogen) atoms. The van der Waals surface area contributed by atoms with E-state index >= 15 is 0 Å². The highest BCUT2D eigenvalue weighted by atomic mass is 32.1. The number of primary amides is 1. The van der Waals surface area contributed by atoms with Gasteiger partial charge in [-0.05, 0) is 37.6 Å². The molecule has 0 aliphatic carbocycles. The Morgan fingerprint density at radius 1 is 1.32 bits per heavy atom. The van der Waals surface area contributed by atoms with Crippen molar-refractivity contribution in [3.63, 3.8) is 0 Å². The Morgan fingerprint density at radius 2 is 1.96 bits per heavy atom. The summed E-state index contributed by atoms with van der Waals surface area (Å²) >= 11 is 1.07. The molecule has 1 atom stereocenters. The largest absolute Gasteiger partial charge is 0.480 e. The minimum absolute atomic E-state index is 0.0981. The summed E-state index contributed by atoms with van der Waals surface area (Å²) in [6.07, 6.45) is -0.251. The third-order valence-corrected chi connectivity index (χ3v) is 4.58. The Balaban J connectivity index is 2.17. The van der Waals surface area contributed by atoms with E-state index in [0.717, 1.165) is 11.3 Å². The van der Waals surface area contributed by atoms with Crippen molar-refractivity contribution < 1.29 is 23.9 Å². The molecule has 2 amide bonds. The van der Waals surface area contributed by atoms with Crippen LogP contribution in [0.15, 0.2) is 24.3 Å². The fourth-order valence-electron chi connectivity index (χ4n) is 2.09. The lowest BCUT2D eigenvalue weighted by molar-refractivity contribution is -0.139. The van der Waals surface area contributed by atoms with Gasteiger partial charge in [0.1, 0.15) is 21.7 Å². The summed E-state index contributed by atoms with van der Waals surface area (Å²) in [6, 6.07) is 4.44. The molecule has 132 valence electrons. The molecule has 0 radical (unpaired) electrons. The van der Waals surface area contributed by atoms with Gasteiger partial charge in [0.25, 0.3) is 5.91 Å². The van der Waals surface area contributed by atoms with Gasteiger partial charge in [0.05, 0.1) is 5.69 Å². The fourth-order valence-corrected chi connectivity index (χ4v) is 3.07. The maximum Gasteiger partial charge on any atom is 0.326 e. The second-order valence-corrected chi connectivity index (χ2v) is 6.31. The Kier molecular flexibility index (Phi) is 5.81. The van der Waals surface area contributed by atoms with Gasteiger partial charge in [0, 0.05) is 12.0 Å². The minimum Gasteiger partial charge on any atom is -0.480 e. The van der Waals surface area contributed by atoms with Crippen LogP contribution in [0.5, 0.6) is 0 Å². The first-order valence-electron chi connectivity index (χ1n) is 7.33. The number of nitrogens with zero attached hydrogens (tertiary/aromatic N) is 1. The smallest absolute Gasteiger partial charge is 0.326 e. The van der Waals surface area contributed by atoms with Crippen LogP contribution in [0.3, 0.4) is 0 Å². The average Bonchev–Trinajstić information content (AvgIpc) is 2.93. The van der Waals surface area contributed by atoms with E-state index in [-0.39, 0.29) is 23.5 Å². The number of aromatic nitrogens is 1. The second-order valence-electron chi connectivity index (χ2n) is 5.31. The van der Waals surface area contributed by atoms with Crippen LogP contribution in [0.1, 0.15) is 28.2 Å². The fraction of sp³-hybridized carbons (Fsp3) is 0.250. The standard InChI is InChI=1S/C16H16FN3O4S/c1-8-13(14(22)20-11(16(23)24)6-7-12(18)21)25-15(19-8)9-2-4-10(17)5-3-9/h2-5,11H,6-7H2,1H3,(H2,18,21)(H,20,22)(H,23,24). The number of thiazole rings is 1. The SMILES string of the molecule is Cc1nc(-c2ccc(F)cc2)sc1C(=O)NC(CCC(N)=O)C(=O)O. The van der Waals surface area contributed by atoms with Gasteiger partial charge in [-0.1, -0.05) is 0 Å². The molecule has 2 aromatic rings. The number of hydrogen-bond donors (Lipinski definition) is 3.